The third-order valence-electron chi connectivity index (χ3n) is 3.61. The summed E-state index contributed by atoms with van der Waals surface area (Å²) in [7, 11) is 3.25. The smallest absolute Gasteiger partial charge is 0.200 e. The van der Waals surface area contributed by atoms with Gasteiger partial charge in [-0.2, -0.15) is 0 Å². The van der Waals surface area contributed by atoms with Crippen molar-refractivity contribution in [2.75, 3.05) is 26.1 Å². The van der Waals surface area contributed by atoms with E-state index in [1.807, 2.05) is 6.07 Å². The van der Waals surface area contributed by atoms with E-state index in [-0.39, 0.29) is 6.29 Å². The number of pyridine rings is 1. The highest BCUT2D eigenvalue weighted by Gasteiger charge is 2.49. The average molecular weight is 220 g/mol. The van der Waals surface area contributed by atoms with Crippen molar-refractivity contribution < 1.29 is 9.47 Å². The Labute approximate surface area is 95.0 Å². The lowest BCUT2D eigenvalue weighted by Crippen LogP contribution is -2.08. The fourth-order valence-corrected chi connectivity index (χ4v) is 2.45. The Bertz CT molecular complexity index is 411. The molecule has 4 heteroatoms. The number of anilines is 1. The normalized spacial score (nSPS) is 19.9. The third-order valence-corrected chi connectivity index (χ3v) is 3.61. The molecule has 16 heavy (non-hydrogen) atoms. The Morgan fingerprint density at radius 3 is 2.69 bits per heavy atom. The van der Waals surface area contributed by atoms with Crippen LogP contribution in [-0.2, 0) is 14.9 Å². The van der Waals surface area contributed by atoms with Crippen LogP contribution in [0.2, 0.25) is 0 Å². The summed E-state index contributed by atoms with van der Waals surface area (Å²) in [5, 5.41) is 3.37. The maximum absolute atomic E-state index is 5.20. The second-order valence-corrected chi connectivity index (χ2v) is 4.57. The average Bonchev–Trinajstić information content (AvgIpc) is 3.00. The van der Waals surface area contributed by atoms with Crippen LogP contribution in [-0.4, -0.2) is 25.7 Å². The third kappa shape index (κ3) is 1.33. The molecular weight excluding hydrogens is 204 g/mol. The van der Waals surface area contributed by atoms with Crippen LogP contribution in [0.3, 0.4) is 0 Å². The molecular formula is C12H16N2O2. The molecule has 1 saturated carbocycles. The zero-order valence-corrected chi connectivity index (χ0v) is 9.62. The van der Waals surface area contributed by atoms with E-state index in [1.54, 1.807) is 14.2 Å². The molecule has 1 aromatic rings. The van der Waals surface area contributed by atoms with E-state index in [1.165, 1.54) is 18.4 Å². The second-order valence-electron chi connectivity index (χ2n) is 4.57. The highest BCUT2D eigenvalue weighted by Crippen LogP contribution is 2.53. The molecule has 0 amide bonds. The maximum Gasteiger partial charge on any atom is 0.200 e. The standard InChI is InChI=1S/C12H16N2O2/c1-15-11(16-2)9-4-3-8-10(14-9)13-7-12(8)5-6-12/h3-4,11H,5-7H2,1-2H3,(H,13,14). The predicted molar refractivity (Wildman–Crippen MR) is 60.4 cm³/mol. The van der Waals surface area contributed by atoms with Crippen LogP contribution in [0.1, 0.15) is 30.4 Å². The van der Waals surface area contributed by atoms with Crippen LogP contribution in [0.15, 0.2) is 12.1 Å². The van der Waals surface area contributed by atoms with Crippen molar-refractivity contribution in [2.24, 2.45) is 0 Å². The van der Waals surface area contributed by atoms with Gasteiger partial charge in [-0.1, -0.05) is 6.07 Å². The largest absolute Gasteiger partial charge is 0.369 e. The van der Waals surface area contributed by atoms with Gasteiger partial charge in [0, 0.05) is 31.7 Å². The van der Waals surface area contributed by atoms with E-state index in [4.69, 9.17) is 9.47 Å². The van der Waals surface area contributed by atoms with E-state index >= 15 is 0 Å². The number of hydrogen-bond donors (Lipinski definition) is 1. The number of nitrogens with one attached hydrogen (secondary N) is 1. The molecule has 1 fully saturated rings. The Morgan fingerprint density at radius 2 is 2.06 bits per heavy atom. The lowest BCUT2D eigenvalue weighted by atomic mass is 10.0. The van der Waals surface area contributed by atoms with Crippen LogP contribution < -0.4 is 5.32 Å². The highest BCUT2D eigenvalue weighted by molar-refractivity contribution is 5.58. The topological polar surface area (TPSA) is 43.4 Å². The van der Waals surface area contributed by atoms with Gasteiger partial charge in [0.15, 0.2) is 0 Å². The molecule has 0 radical (unpaired) electrons. The summed E-state index contributed by atoms with van der Waals surface area (Å²) in [5.41, 5.74) is 2.59. The summed E-state index contributed by atoms with van der Waals surface area (Å²) >= 11 is 0. The van der Waals surface area contributed by atoms with E-state index in [0.29, 0.717) is 5.41 Å². The minimum absolute atomic E-state index is 0.372. The zero-order valence-electron chi connectivity index (χ0n) is 9.62. The lowest BCUT2D eigenvalue weighted by Gasteiger charge is -2.14. The van der Waals surface area contributed by atoms with Crippen LogP contribution in [0.5, 0.6) is 0 Å². The van der Waals surface area contributed by atoms with Gasteiger partial charge in [-0.25, -0.2) is 4.98 Å². The predicted octanol–water partition coefficient (Wildman–Crippen LogP) is 1.83. The van der Waals surface area contributed by atoms with Crippen molar-refractivity contribution in [3.8, 4) is 0 Å². The van der Waals surface area contributed by atoms with Crippen LogP contribution >= 0.6 is 0 Å². The SMILES string of the molecule is COC(OC)c1ccc2c(n1)NCC21CC1. The molecule has 0 unspecified atom stereocenters. The molecule has 0 bridgehead atoms. The van der Waals surface area contributed by atoms with Gasteiger partial charge < -0.3 is 14.8 Å². The minimum Gasteiger partial charge on any atom is -0.369 e. The monoisotopic (exact) mass is 220 g/mol. The molecule has 4 nitrogen and oxygen atoms in total. The zero-order chi connectivity index (χ0) is 11.2. The fraction of sp³-hybridized carbons (Fsp3) is 0.583. The minimum atomic E-state index is -0.372. The van der Waals surface area contributed by atoms with Gasteiger partial charge in [-0.3, -0.25) is 0 Å². The summed E-state index contributed by atoms with van der Waals surface area (Å²) < 4.78 is 10.4. The van der Waals surface area contributed by atoms with E-state index in [2.05, 4.69) is 16.4 Å². The number of hydrogen-bond acceptors (Lipinski definition) is 4. The number of methoxy groups -OCH3 is 2. The van der Waals surface area contributed by atoms with Gasteiger partial charge in [0.05, 0.1) is 5.69 Å². The Kier molecular flexibility index (Phi) is 2.16. The van der Waals surface area contributed by atoms with Crippen molar-refractivity contribution in [3.05, 3.63) is 23.4 Å². The maximum atomic E-state index is 5.20. The first-order valence-corrected chi connectivity index (χ1v) is 5.60. The van der Waals surface area contributed by atoms with Crippen molar-refractivity contribution in [1.29, 1.82) is 0 Å². The molecule has 1 aliphatic heterocycles. The first-order valence-electron chi connectivity index (χ1n) is 5.60. The summed E-state index contributed by atoms with van der Waals surface area (Å²) in [6, 6.07) is 4.17. The van der Waals surface area contributed by atoms with Gasteiger partial charge in [0.25, 0.3) is 0 Å². The number of fused-ring (bicyclic) bond motifs is 2. The highest BCUT2D eigenvalue weighted by atomic mass is 16.7. The van der Waals surface area contributed by atoms with E-state index < -0.39 is 0 Å². The van der Waals surface area contributed by atoms with Crippen LogP contribution in [0.4, 0.5) is 5.82 Å². The summed E-state index contributed by atoms with van der Waals surface area (Å²) in [4.78, 5) is 4.57. The van der Waals surface area contributed by atoms with Crippen molar-refractivity contribution in [2.45, 2.75) is 24.5 Å². The van der Waals surface area contributed by atoms with Crippen molar-refractivity contribution in [1.82, 2.24) is 4.98 Å². The molecule has 3 rings (SSSR count). The summed E-state index contributed by atoms with van der Waals surface area (Å²) in [6.45, 7) is 1.03. The van der Waals surface area contributed by atoms with E-state index in [0.717, 1.165) is 18.1 Å². The van der Waals surface area contributed by atoms with Crippen molar-refractivity contribution in [3.63, 3.8) is 0 Å². The molecule has 1 aromatic heterocycles. The van der Waals surface area contributed by atoms with Gasteiger partial charge >= 0.3 is 0 Å². The lowest BCUT2D eigenvalue weighted by molar-refractivity contribution is -0.108. The number of nitrogens with zero attached hydrogens (tertiary/aromatic N) is 1. The molecule has 0 saturated heterocycles. The van der Waals surface area contributed by atoms with E-state index in [9.17, 15) is 0 Å². The molecule has 86 valence electrons. The Hall–Kier alpha value is -1.13. The molecule has 0 atom stereocenters. The van der Waals surface area contributed by atoms with Gasteiger partial charge in [-0.05, 0) is 18.9 Å². The first kappa shape index (κ1) is 10.1. The molecule has 1 N–H and O–H groups in total. The molecule has 2 heterocycles. The molecule has 1 aliphatic carbocycles. The van der Waals surface area contributed by atoms with Gasteiger partial charge in [-0.15, -0.1) is 0 Å². The Morgan fingerprint density at radius 1 is 1.31 bits per heavy atom. The quantitative estimate of drug-likeness (QED) is 0.789. The van der Waals surface area contributed by atoms with Crippen LogP contribution in [0.25, 0.3) is 0 Å². The second kappa shape index (κ2) is 3.43. The van der Waals surface area contributed by atoms with Crippen molar-refractivity contribution >= 4 is 5.82 Å². The number of rotatable bonds is 3. The fourth-order valence-electron chi connectivity index (χ4n) is 2.45. The van der Waals surface area contributed by atoms with Gasteiger partial charge in [0.1, 0.15) is 5.82 Å². The Balaban J connectivity index is 1.95. The summed E-state index contributed by atoms with van der Waals surface area (Å²) in [6.07, 6.45) is 2.20. The first-order chi connectivity index (χ1) is 7.79. The number of aromatic nitrogens is 1. The number of ether oxygens (including phenoxy) is 2. The van der Waals surface area contributed by atoms with Gasteiger partial charge in [0.2, 0.25) is 6.29 Å². The molecule has 0 aromatic carbocycles. The van der Waals surface area contributed by atoms with Crippen LogP contribution in [0, 0.1) is 0 Å². The molecule has 1 spiro atoms. The summed E-state index contributed by atoms with van der Waals surface area (Å²) in [5.74, 6) is 1.01. The molecule has 2 aliphatic rings.